The van der Waals surface area contributed by atoms with Crippen LogP contribution in [0.5, 0.6) is 0 Å². The third kappa shape index (κ3) is 3.75. The maximum Gasteiger partial charge on any atom is 0.416 e. The summed E-state index contributed by atoms with van der Waals surface area (Å²) in [4.78, 5) is 12.0. The highest BCUT2D eigenvalue weighted by Crippen LogP contribution is 2.34. The molecular weight excluding hydrogens is 283 g/mol. The molecule has 2 rings (SSSR count). The number of carbonyl (C=O) groups is 1. The number of alkyl halides is 3. The van der Waals surface area contributed by atoms with E-state index in [4.69, 9.17) is 4.74 Å². The Morgan fingerprint density at radius 3 is 2.57 bits per heavy atom. The molecule has 0 bridgehead atoms. The van der Waals surface area contributed by atoms with E-state index < -0.39 is 23.9 Å². The Morgan fingerprint density at radius 2 is 2.00 bits per heavy atom. The van der Waals surface area contributed by atoms with Gasteiger partial charge in [0.15, 0.2) is 0 Å². The van der Waals surface area contributed by atoms with Gasteiger partial charge in [-0.3, -0.25) is 4.79 Å². The first-order chi connectivity index (χ1) is 9.79. The fourth-order valence-corrected chi connectivity index (χ4v) is 2.51. The number of nitrogens with one attached hydrogen (secondary N) is 1. The Hall–Kier alpha value is -1.56. The molecule has 0 spiro atoms. The van der Waals surface area contributed by atoms with Crippen LogP contribution >= 0.6 is 0 Å². The van der Waals surface area contributed by atoms with Crippen LogP contribution in [0, 0.1) is 0 Å². The molecule has 1 saturated heterocycles. The molecule has 0 saturated carbocycles. The highest BCUT2D eigenvalue weighted by atomic mass is 19.4. The number of ether oxygens (including phenoxy) is 1. The van der Waals surface area contributed by atoms with E-state index in [2.05, 4.69) is 5.32 Å². The summed E-state index contributed by atoms with van der Waals surface area (Å²) in [6.07, 6.45) is -3.61. The lowest BCUT2D eigenvalue weighted by molar-refractivity contribution is -0.139. The SMILES string of the molecule is C[C@@H]1CC[C@H](C(=O)N[C@@H](C)c2ccccc2C(F)(F)F)O1. The van der Waals surface area contributed by atoms with Crippen molar-refractivity contribution in [1.82, 2.24) is 5.32 Å². The van der Waals surface area contributed by atoms with Crippen molar-refractivity contribution in [3.63, 3.8) is 0 Å². The minimum absolute atomic E-state index is 0.0125. The van der Waals surface area contributed by atoms with Crippen LogP contribution < -0.4 is 5.32 Å². The maximum atomic E-state index is 13.0. The van der Waals surface area contributed by atoms with E-state index in [1.54, 1.807) is 6.92 Å². The zero-order valence-corrected chi connectivity index (χ0v) is 11.9. The van der Waals surface area contributed by atoms with Crippen LogP contribution in [-0.4, -0.2) is 18.1 Å². The molecule has 6 heteroatoms. The fourth-order valence-electron chi connectivity index (χ4n) is 2.51. The summed E-state index contributed by atoms with van der Waals surface area (Å²) >= 11 is 0. The average Bonchev–Trinajstić information content (AvgIpc) is 2.84. The summed E-state index contributed by atoms with van der Waals surface area (Å²) in [5, 5.41) is 2.61. The second-order valence-electron chi connectivity index (χ2n) is 5.33. The number of halogens is 3. The van der Waals surface area contributed by atoms with E-state index in [0.29, 0.717) is 6.42 Å². The minimum Gasteiger partial charge on any atom is -0.365 e. The van der Waals surface area contributed by atoms with Gasteiger partial charge < -0.3 is 10.1 Å². The lowest BCUT2D eigenvalue weighted by Gasteiger charge is -2.21. The van der Waals surface area contributed by atoms with Gasteiger partial charge in [-0.2, -0.15) is 13.2 Å². The number of benzene rings is 1. The number of carbonyl (C=O) groups excluding carboxylic acids is 1. The first-order valence-corrected chi connectivity index (χ1v) is 6.91. The maximum absolute atomic E-state index is 13.0. The molecule has 1 fully saturated rings. The second kappa shape index (κ2) is 6.05. The van der Waals surface area contributed by atoms with Crippen molar-refractivity contribution in [3.8, 4) is 0 Å². The van der Waals surface area contributed by atoms with Crippen molar-refractivity contribution in [2.75, 3.05) is 0 Å². The van der Waals surface area contributed by atoms with Gasteiger partial charge in [0, 0.05) is 0 Å². The fraction of sp³-hybridized carbons (Fsp3) is 0.533. The molecule has 0 radical (unpaired) electrons. The van der Waals surface area contributed by atoms with Gasteiger partial charge in [0.1, 0.15) is 6.10 Å². The topological polar surface area (TPSA) is 38.3 Å². The molecule has 116 valence electrons. The highest BCUT2D eigenvalue weighted by Gasteiger charge is 2.35. The number of amides is 1. The molecule has 1 aromatic carbocycles. The van der Waals surface area contributed by atoms with Crippen LogP contribution in [0.2, 0.25) is 0 Å². The lowest BCUT2D eigenvalue weighted by Crippen LogP contribution is -2.36. The van der Waals surface area contributed by atoms with Gasteiger partial charge in [0.25, 0.3) is 0 Å². The van der Waals surface area contributed by atoms with Gasteiger partial charge in [-0.05, 0) is 38.3 Å². The van der Waals surface area contributed by atoms with Crippen molar-refractivity contribution in [3.05, 3.63) is 35.4 Å². The van der Waals surface area contributed by atoms with Gasteiger partial charge in [0.2, 0.25) is 5.91 Å². The standard InChI is InChI=1S/C15H18F3NO2/c1-9-7-8-13(21-9)14(20)19-10(2)11-5-3-4-6-12(11)15(16,17)18/h3-6,9-10,13H,7-8H2,1-2H3,(H,19,20)/t9-,10+,13-/m1/s1. The summed E-state index contributed by atoms with van der Waals surface area (Å²) < 4.78 is 44.3. The molecule has 1 aliphatic heterocycles. The van der Waals surface area contributed by atoms with Crippen molar-refractivity contribution < 1.29 is 22.7 Å². The number of hydrogen-bond donors (Lipinski definition) is 1. The third-order valence-electron chi connectivity index (χ3n) is 3.62. The van der Waals surface area contributed by atoms with E-state index >= 15 is 0 Å². The number of hydrogen-bond acceptors (Lipinski definition) is 2. The molecular formula is C15H18F3NO2. The first-order valence-electron chi connectivity index (χ1n) is 6.91. The Morgan fingerprint density at radius 1 is 1.33 bits per heavy atom. The molecule has 1 aliphatic rings. The van der Waals surface area contributed by atoms with E-state index in [1.807, 2.05) is 6.92 Å². The van der Waals surface area contributed by atoms with Gasteiger partial charge in [0.05, 0.1) is 17.7 Å². The zero-order chi connectivity index (χ0) is 15.6. The number of rotatable bonds is 3. The summed E-state index contributed by atoms with van der Waals surface area (Å²) in [5.74, 6) is -0.358. The van der Waals surface area contributed by atoms with Crippen molar-refractivity contribution >= 4 is 5.91 Å². The Labute approximate surface area is 121 Å². The molecule has 0 aliphatic carbocycles. The van der Waals surface area contributed by atoms with Crippen molar-refractivity contribution in [2.24, 2.45) is 0 Å². The summed E-state index contributed by atoms with van der Waals surface area (Å²) in [6, 6.07) is 4.54. The van der Waals surface area contributed by atoms with Crippen LogP contribution in [0.1, 0.15) is 43.9 Å². The van der Waals surface area contributed by atoms with E-state index in [-0.39, 0.29) is 17.6 Å². The average molecular weight is 301 g/mol. The normalized spacial score (nSPS) is 23.9. The van der Waals surface area contributed by atoms with Crippen LogP contribution in [0.3, 0.4) is 0 Å². The van der Waals surface area contributed by atoms with Crippen LogP contribution in [0.15, 0.2) is 24.3 Å². The van der Waals surface area contributed by atoms with Gasteiger partial charge in [-0.15, -0.1) is 0 Å². The quantitative estimate of drug-likeness (QED) is 0.928. The molecule has 3 nitrogen and oxygen atoms in total. The van der Waals surface area contributed by atoms with Crippen LogP contribution in [0.25, 0.3) is 0 Å². The Kier molecular flexibility index (Phi) is 4.56. The highest BCUT2D eigenvalue weighted by molar-refractivity contribution is 5.81. The predicted octanol–water partition coefficient (Wildman–Crippen LogP) is 3.45. The molecule has 0 unspecified atom stereocenters. The summed E-state index contributed by atoms with van der Waals surface area (Å²) in [6.45, 7) is 3.41. The zero-order valence-electron chi connectivity index (χ0n) is 11.9. The molecule has 21 heavy (non-hydrogen) atoms. The molecule has 1 amide bonds. The van der Waals surface area contributed by atoms with Crippen molar-refractivity contribution in [1.29, 1.82) is 0 Å². The third-order valence-corrected chi connectivity index (χ3v) is 3.62. The van der Waals surface area contributed by atoms with E-state index in [9.17, 15) is 18.0 Å². The monoisotopic (exact) mass is 301 g/mol. The lowest BCUT2D eigenvalue weighted by atomic mass is 10.0. The Balaban J connectivity index is 2.10. The molecule has 1 aromatic rings. The van der Waals surface area contributed by atoms with Crippen LogP contribution in [0.4, 0.5) is 13.2 Å². The molecule has 1 N–H and O–H groups in total. The van der Waals surface area contributed by atoms with Gasteiger partial charge in [-0.25, -0.2) is 0 Å². The smallest absolute Gasteiger partial charge is 0.365 e. The van der Waals surface area contributed by atoms with Gasteiger partial charge in [-0.1, -0.05) is 18.2 Å². The largest absolute Gasteiger partial charge is 0.416 e. The van der Waals surface area contributed by atoms with E-state index in [0.717, 1.165) is 12.5 Å². The van der Waals surface area contributed by atoms with Crippen molar-refractivity contribution in [2.45, 2.75) is 51.1 Å². The van der Waals surface area contributed by atoms with E-state index in [1.165, 1.54) is 18.2 Å². The molecule has 3 atom stereocenters. The van der Waals surface area contributed by atoms with Crippen LogP contribution in [-0.2, 0) is 15.7 Å². The first kappa shape index (κ1) is 15.8. The summed E-state index contributed by atoms with van der Waals surface area (Å²) in [5.41, 5.74) is -0.664. The molecule has 0 aromatic heterocycles. The Bertz CT molecular complexity index is 516. The second-order valence-corrected chi connectivity index (χ2v) is 5.33. The molecule has 1 heterocycles. The minimum atomic E-state index is -4.44. The summed E-state index contributed by atoms with van der Waals surface area (Å²) in [7, 11) is 0. The van der Waals surface area contributed by atoms with Gasteiger partial charge >= 0.3 is 6.18 Å². The predicted molar refractivity (Wildman–Crippen MR) is 71.6 cm³/mol.